The zero-order valence-corrected chi connectivity index (χ0v) is 13.3. The molecule has 1 N–H and O–H groups in total. The molecule has 2 heteroatoms. The smallest absolute Gasteiger partial charge is 0.124 e. The van der Waals surface area contributed by atoms with Crippen molar-refractivity contribution in [1.29, 1.82) is 0 Å². The fraction of sp³-hybridized carbons (Fsp3) is 0.647. The van der Waals surface area contributed by atoms with Crippen molar-refractivity contribution in [3.05, 3.63) is 29.3 Å². The first-order valence-electron chi connectivity index (χ1n) is 7.33. The highest BCUT2D eigenvalue weighted by Crippen LogP contribution is 2.23. The number of hydrogen-bond acceptors (Lipinski definition) is 2. The van der Waals surface area contributed by atoms with E-state index in [1.807, 2.05) is 0 Å². The third kappa shape index (κ3) is 6.11. The fourth-order valence-electron chi connectivity index (χ4n) is 2.00. The Labute approximate surface area is 118 Å². The Morgan fingerprint density at radius 1 is 1.26 bits per heavy atom. The van der Waals surface area contributed by atoms with Gasteiger partial charge in [-0.2, -0.15) is 0 Å². The van der Waals surface area contributed by atoms with Crippen molar-refractivity contribution >= 4 is 0 Å². The van der Waals surface area contributed by atoms with Gasteiger partial charge in [-0.1, -0.05) is 31.0 Å². The molecule has 0 radical (unpaired) electrons. The Morgan fingerprint density at radius 2 is 1.95 bits per heavy atom. The summed E-state index contributed by atoms with van der Waals surface area (Å²) in [5.74, 6) is 1.02. The molecular formula is C17H29NO. The van der Waals surface area contributed by atoms with Gasteiger partial charge in [0.05, 0.1) is 6.10 Å². The van der Waals surface area contributed by atoms with Crippen LogP contribution in [0.4, 0.5) is 0 Å². The summed E-state index contributed by atoms with van der Waals surface area (Å²) in [6, 6.07) is 6.43. The van der Waals surface area contributed by atoms with E-state index in [1.54, 1.807) is 0 Å². The minimum absolute atomic E-state index is 0.121. The van der Waals surface area contributed by atoms with Crippen LogP contribution in [-0.4, -0.2) is 11.6 Å². The third-order valence-electron chi connectivity index (χ3n) is 3.05. The van der Waals surface area contributed by atoms with E-state index in [0.29, 0.717) is 0 Å². The molecule has 0 saturated carbocycles. The van der Waals surface area contributed by atoms with Gasteiger partial charge in [0.2, 0.25) is 0 Å². The van der Waals surface area contributed by atoms with Crippen LogP contribution in [0.25, 0.3) is 0 Å². The van der Waals surface area contributed by atoms with Crippen molar-refractivity contribution in [3.63, 3.8) is 0 Å². The normalized spacial score (nSPS) is 13.4. The Bertz CT molecular complexity index is 393. The summed E-state index contributed by atoms with van der Waals surface area (Å²) in [7, 11) is 0. The Balaban J connectivity index is 2.79. The van der Waals surface area contributed by atoms with Gasteiger partial charge in [-0.3, -0.25) is 0 Å². The standard InChI is InChI=1S/C17H29NO/c1-7-8-14(3)19-16-10-9-13(2)11-15(16)12-18-17(4,5)6/h9-11,14,18H,7-8,12H2,1-6H3. The maximum absolute atomic E-state index is 6.07. The molecule has 0 spiro atoms. The van der Waals surface area contributed by atoms with Gasteiger partial charge in [0.15, 0.2) is 0 Å². The summed E-state index contributed by atoms with van der Waals surface area (Å²) in [5.41, 5.74) is 2.65. The lowest BCUT2D eigenvalue weighted by atomic mass is 10.1. The summed E-state index contributed by atoms with van der Waals surface area (Å²) in [6.45, 7) is 13.9. The summed E-state index contributed by atoms with van der Waals surface area (Å²) < 4.78 is 6.07. The van der Waals surface area contributed by atoms with Crippen LogP contribution in [0.15, 0.2) is 18.2 Å². The number of hydrogen-bond donors (Lipinski definition) is 1. The topological polar surface area (TPSA) is 21.3 Å². The predicted molar refractivity (Wildman–Crippen MR) is 82.8 cm³/mol. The molecule has 2 nitrogen and oxygen atoms in total. The fourth-order valence-corrected chi connectivity index (χ4v) is 2.00. The quantitative estimate of drug-likeness (QED) is 0.818. The van der Waals surface area contributed by atoms with E-state index in [0.717, 1.165) is 25.1 Å². The van der Waals surface area contributed by atoms with E-state index in [1.165, 1.54) is 11.1 Å². The summed E-state index contributed by atoms with van der Waals surface area (Å²) in [5, 5.41) is 3.53. The highest BCUT2D eigenvalue weighted by molar-refractivity contribution is 5.37. The number of nitrogens with one attached hydrogen (secondary N) is 1. The summed E-state index contributed by atoms with van der Waals surface area (Å²) in [6.07, 6.45) is 2.53. The second-order valence-corrected chi connectivity index (χ2v) is 6.43. The molecule has 0 saturated heterocycles. The van der Waals surface area contributed by atoms with Crippen molar-refractivity contribution in [2.45, 2.75) is 72.6 Å². The summed E-state index contributed by atoms with van der Waals surface area (Å²) in [4.78, 5) is 0. The van der Waals surface area contributed by atoms with Gasteiger partial charge in [0, 0.05) is 17.6 Å². The molecule has 0 amide bonds. The second kappa shape index (κ2) is 6.95. The number of rotatable bonds is 6. The second-order valence-electron chi connectivity index (χ2n) is 6.43. The molecule has 0 fully saturated rings. The molecule has 108 valence electrons. The molecular weight excluding hydrogens is 234 g/mol. The highest BCUT2D eigenvalue weighted by atomic mass is 16.5. The maximum Gasteiger partial charge on any atom is 0.124 e. The highest BCUT2D eigenvalue weighted by Gasteiger charge is 2.12. The zero-order valence-electron chi connectivity index (χ0n) is 13.3. The lowest BCUT2D eigenvalue weighted by molar-refractivity contribution is 0.207. The molecule has 0 aliphatic rings. The van der Waals surface area contributed by atoms with Crippen LogP contribution in [0, 0.1) is 6.92 Å². The van der Waals surface area contributed by atoms with Crippen LogP contribution in [0.2, 0.25) is 0 Å². The van der Waals surface area contributed by atoms with Crippen molar-refractivity contribution in [1.82, 2.24) is 5.32 Å². The van der Waals surface area contributed by atoms with E-state index in [-0.39, 0.29) is 11.6 Å². The molecule has 1 rings (SSSR count). The van der Waals surface area contributed by atoms with Gasteiger partial charge in [0.1, 0.15) is 5.75 Å². The number of aryl methyl sites for hydroxylation is 1. The number of benzene rings is 1. The molecule has 0 aliphatic carbocycles. The molecule has 0 aliphatic heterocycles. The molecule has 1 aromatic rings. The molecule has 19 heavy (non-hydrogen) atoms. The van der Waals surface area contributed by atoms with Gasteiger partial charge in [0.25, 0.3) is 0 Å². The molecule has 0 aromatic heterocycles. The Hall–Kier alpha value is -1.02. The van der Waals surface area contributed by atoms with E-state index in [9.17, 15) is 0 Å². The van der Waals surface area contributed by atoms with E-state index < -0.39 is 0 Å². The van der Waals surface area contributed by atoms with Gasteiger partial charge >= 0.3 is 0 Å². The van der Waals surface area contributed by atoms with Gasteiger partial charge in [-0.15, -0.1) is 0 Å². The van der Waals surface area contributed by atoms with Crippen molar-refractivity contribution in [3.8, 4) is 5.75 Å². The van der Waals surface area contributed by atoms with Crippen molar-refractivity contribution < 1.29 is 4.74 Å². The van der Waals surface area contributed by atoms with Crippen LogP contribution < -0.4 is 10.1 Å². The van der Waals surface area contributed by atoms with Crippen LogP contribution >= 0.6 is 0 Å². The molecule has 1 atom stereocenters. The van der Waals surface area contributed by atoms with Crippen LogP contribution in [-0.2, 0) is 6.54 Å². The maximum atomic E-state index is 6.07. The first-order chi connectivity index (χ1) is 8.81. The lowest BCUT2D eigenvalue weighted by Crippen LogP contribution is -2.35. The van der Waals surface area contributed by atoms with Gasteiger partial charge in [-0.25, -0.2) is 0 Å². The zero-order chi connectivity index (χ0) is 14.5. The van der Waals surface area contributed by atoms with E-state index in [4.69, 9.17) is 4.74 Å². The SMILES string of the molecule is CCCC(C)Oc1ccc(C)cc1CNC(C)(C)C. The number of ether oxygens (including phenoxy) is 1. The average Bonchev–Trinajstić information content (AvgIpc) is 2.29. The van der Waals surface area contributed by atoms with Crippen LogP contribution in [0.3, 0.4) is 0 Å². The first-order valence-corrected chi connectivity index (χ1v) is 7.33. The molecule has 1 unspecified atom stereocenters. The summed E-state index contributed by atoms with van der Waals surface area (Å²) >= 11 is 0. The van der Waals surface area contributed by atoms with Gasteiger partial charge in [-0.05, 0) is 47.1 Å². The Kier molecular flexibility index (Phi) is 5.86. The van der Waals surface area contributed by atoms with Crippen molar-refractivity contribution in [2.24, 2.45) is 0 Å². The first kappa shape index (κ1) is 16.0. The van der Waals surface area contributed by atoms with E-state index in [2.05, 4.69) is 65.1 Å². The van der Waals surface area contributed by atoms with Crippen LogP contribution in [0.1, 0.15) is 58.6 Å². The minimum Gasteiger partial charge on any atom is -0.490 e. The Morgan fingerprint density at radius 3 is 2.53 bits per heavy atom. The molecule has 0 heterocycles. The van der Waals surface area contributed by atoms with Gasteiger partial charge < -0.3 is 10.1 Å². The van der Waals surface area contributed by atoms with E-state index >= 15 is 0 Å². The van der Waals surface area contributed by atoms with Crippen LogP contribution in [0.5, 0.6) is 5.75 Å². The minimum atomic E-state index is 0.121. The predicted octanol–water partition coefficient (Wildman–Crippen LogP) is 4.45. The largest absolute Gasteiger partial charge is 0.490 e. The monoisotopic (exact) mass is 263 g/mol. The average molecular weight is 263 g/mol. The third-order valence-corrected chi connectivity index (χ3v) is 3.05. The lowest BCUT2D eigenvalue weighted by Gasteiger charge is -2.23. The molecule has 1 aromatic carbocycles. The molecule has 0 bridgehead atoms. The van der Waals surface area contributed by atoms with Crippen molar-refractivity contribution in [2.75, 3.05) is 0 Å².